The predicted molar refractivity (Wildman–Crippen MR) is 142 cm³/mol. The summed E-state index contributed by atoms with van der Waals surface area (Å²) in [4.78, 5) is 30.5. The fraction of sp³-hybridized carbons (Fsp3) is 0.233. The number of nitriles is 2. The molecule has 0 aliphatic carbocycles. The number of ether oxygens (including phenoxy) is 1. The third-order valence-electron chi connectivity index (χ3n) is 6.36. The van der Waals surface area contributed by atoms with Crippen molar-refractivity contribution in [1.82, 2.24) is 14.9 Å². The molecule has 3 aromatic carbocycles. The number of amides is 1. The van der Waals surface area contributed by atoms with Gasteiger partial charge in [0.2, 0.25) is 0 Å². The molecule has 0 aliphatic rings. The van der Waals surface area contributed by atoms with Crippen molar-refractivity contribution >= 4 is 22.9 Å². The van der Waals surface area contributed by atoms with Crippen molar-refractivity contribution in [2.45, 2.75) is 32.2 Å². The van der Waals surface area contributed by atoms with Crippen molar-refractivity contribution in [3.8, 4) is 12.1 Å². The molecule has 1 heterocycles. The Balaban J connectivity index is 1.49. The second kappa shape index (κ2) is 11.9. The molecule has 8 nitrogen and oxygen atoms in total. The normalized spacial score (nSPS) is 11.4. The summed E-state index contributed by atoms with van der Waals surface area (Å²) in [6, 6.07) is 23.0. The van der Waals surface area contributed by atoms with E-state index in [-0.39, 0.29) is 13.0 Å². The number of fused-ring (bicyclic) bond motifs is 1. The number of nitrogens with one attached hydrogen (secondary N) is 1. The third-order valence-corrected chi connectivity index (χ3v) is 6.36. The van der Waals surface area contributed by atoms with Gasteiger partial charge in [0.15, 0.2) is 0 Å². The maximum Gasteiger partial charge on any atom is 0.328 e. The number of rotatable bonds is 9. The fourth-order valence-electron chi connectivity index (χ4n) is 4.25. The largest absolute Gasteiger partial charge is 0.464 e. The minimum absolute atomic E-state index is 0.198. The number of aromatic nitrogens is 2. The summed E-state index contributed by atoms with van der Waals surface area (Å²) >= 11 is 0. The molecule has 1 amide bonds. The average Bonchev–Trinajstić information content (AvgIpc) is 3.26. The highest BCUT2D eigenvalue weighted by molar-refractivity contribution is 5.99. The van der Waals surface area contributed by atoms with Crippen LogP contribution in [0.25, 0.3) is 11.0 Å². The first-order valence-electron chi connectivity index (χ1n) is 12.3. The van der Waals surface area contributed by atoms with E-state index in [2.05, 4.69) is 17.5 Å². The molecule has 0 saturated carbocycles. The Morgan fingerprint density at radius 1 is 0.947 bits per heavy atom. The van der Waals surface area contributed by atoms with E-state index >= 15 is 0 Å². The van der Waals surface area contributed by atoms with Crippen LogP contribution in [0.3, 0.4) is 0 Å². The van der Waals surface area contributed by atoms with E-state index in [0.29, 0.717) is 28.6 Å². The van der Waals surface area contributed by atoms with Crippen LogP contribution >= 0.6 is 0 Å². The fourth-order valence-corrected chi connectivity index (χ4v) is 4.25. The number of carbonyl (C=O) groups excluding carboxylic acids is 2. The van der Waals surface area contributed by atoms with E-state index in [1.807, 2.05) is 29.8 Å². The van der Waals surface area contributed by atoms with Crippen molar-refractivity contribution in [1.29, 1.82) is 10.5 Å². The van der Waals surface area contributed by atoms with Gasteiger partial charge in [-0.1, -0.05) is 24.3 Å². The maximum atomic E-state index is 13.1. The van der Waals surface area contributed by atoms with Crippen LogP contribution in [0.2, 0.25) is 0 Å². The molecule has 1 aromatic heterocycles. The number of esters is 1. The molecule has 0 bridgehead atoms. The lowest BCUT2D eigenvalue weighted by molar-refractivity contribution is -0.145. The zero-order valence-corrected chi connectivity index (χ0v) is 21.3. The predicted octanol–water partition coefficient (Wildman–Crippen LogP) is 4.01. The van der Waals surface area contributed by atoms with E-state index in [4.69, 9.17) is 20.2 Å². The smallest absolute Gasteiger partial charge is 0.328 e. The van der Waals surface area contributed by atoms with Crippen LogP contribution in [0.1, 0.15) is 45.4 Å². The van der Waals surface area contributed by atoms with Gasteiger partial charge in [0, 0.05) is 25.5 Å². The van der Waals surface area contributed by atoms with Crippen molar-refractivity contribution in [2.24, 2.45) is 7.05 Å². The standard InChI is InChI=1S/C30H27N5O3/c1-3-38-30(37)26(16-21-6-10-23(19-32)11-7-21)34-29(36)24-13-14-27-25(17-24)33-28(35(27)2)15-12-20-4-8-22(18-31)9-5-20/h4-11,13-14,17,26H,3,12,15-16H2,1-2H3,(H,34,36). The monoisotopic (exact) mass is 505 g/mol. The summed E-state index contributed by atoms with van der Waals surface area (Å²) in [6.45, 7) is 1.91. The number of hydrogen-bond acceptors (Lipinski definition) is 6. The van der Waals surface area contributed by atoms with Gasteiger partial charge in [0.1, 0.15) is 11.9 Å². The Hall–Kier alpha value is -4.95. The van der Waals surface area contributed by atoms with Crippen LogP contribution in [0.5, 0.6) is 0 Å². The molecular weight excluding hydrogens is 478 g/mol. The first kappa shape index (κ1) is 26.1. The molecular formula is C30H27N5O3. The molecule has 0 spiro atoms. The third kappa shape index (κ3) is 6.05. The first-order chi connectivity index (χ1) is 18.4. The van der Waals surface area contributed by atoms with Crippen LogP contribution in [0.15, 0.2) is 66.7 Å². The molecule has 1 unspecified atom stereocenters. The maximum absolute atomic E-state index is 13.1. The number of imidazole rings is 1. The number of hydrogen-bond donors (Lipinski definition) is 1. The van der Waals surface area contributed by atoms with Crippen LogP contribution in [-0.4, -0.2) is 34.1 Å². The molecule has 0 radical (unpaired) electrons. The van der Waals surface area contributed by atoms with E-state index in [1.54, 1.807) is 55.5 Å². The van der Waals surface area contributed by atoms with Crippen LogP contribution in [-0.2, 0) is 35.8 Å². The zero-order chi connectivity index (χ0) is 27.1. The lowest BCUT2D eigenvalue weighted by atomic mass is 10.0. The minimum atomic E-state index is -0.877. The minimum Gasteiger partial charge on any atom is -0.464 e. The molecule has 4 rings (SSSR count). The van der Waals surface area contributed by atoms with Gasteiger partial charge in [0.05, 0.1) is 40.9 Å². The number of benzene rings is 3. The van der Waals surface area contributed by atoms with E-state index in [9.17, 15) is 9.59 Å². The van der Waals surface area contributed by atoms with Gasteiger partial charge in [-0.2, -0.15) is 10.5 Å². The van der Waals surface area contributed by atoms with Crippen molar-refractivity contribution in [3.05, 3.63) is 100 Å². The highest BCUT2D eigenvalue weighted by Gasteiger charge is 2.24. The van der Waals surface area contributed by atoms with E-state index in [0.717, 1.165) is 28.9 Å². The van der Waals surface area contributed by atoms with Gasteiger partial charge in [-0.05, 0) is 66.9 Å². The van der Waals surface area contributed by atoms with Crippen molar-refractivity contribution < 1.29 is 14.3 Å². The second-order valence-electron chi connectivity index (χ2n) is 8.89. The zero-order valence-electron chi connectivity index (χ0n) is 21.3. The Bertz CT molecular complexity index is 1540. The summed E-state index contributed by atoms with van der Waals surface area (Å²) in [5.74, 6) is -0.0373. The van der Waals surface area contributed by atoms with E-state index in [1.165, 1.54) is 0 Å². The molecule has 190 valence electrons. The highest BCUT2D eigenvalue weighted by Crippen LogP contribution is 2.19. The molecule has 1 N–H and O–H groups in total. The second-order valence-corrected chi connectivity index (χ2v) is 8.89. The molecule has 8 heteroatoms. The molecule has 38 heavy (non-hydrogen) atoms. The number of nitrogens with zero attached hydrogens (tertiary/aromatic N) is 4. The summed E-state index contributed by atoms with van der Waals surface area (Å²) in [5, 5.41) is 20.8. The lowest BCUT2D eigenvalue weighted by Crippen LogP contribution is -2.43. The average molecular weight is 506 g/mol. The van der Waals surface area contributed by atoms with Crippen LogP contribution < -0.4 is 5.32 Å². The topological polar surface area (TPSA) is 121 Å². The van der Waals surface area contributed by atoms with Gasteiger partial charge >= 0.3 is 5.97 Å². The van der Waals surface area contributed by atoms with Gasteiger partial charge in [-0.25, -0.2) is 9.78 Å². The Morgan fingerprint density at radius 3 is 2.18 bits per heavy atom. The van der Waals surface area contributed by atoms with Crippen LogP contribution in [0.4, 0.5) is 0 Å². The highest BCUT2D eigenvalue weighted by atomic mass is 16.5. The lowest BCUT2D eigenvalue weighted by Gasteiger charge is -2.17. The Labute approximate surface area is 221 Å². The summed E-state index contributed by atoms with van der Waals surface area (Å²) in [6.07, 6.45) is 1.71. The molecule has 1 atom stereocenters. The molecule has 0 aliphatic heterocycles. The first-order valence-corrected chi connectivity index (χ1v) is 12.3. The summed E-state index contributed by atoms with van der Waals surface area (Å²) in [7, 11) is 1.94. The van der Waals surface area contributed by atoms with Gasteiger partial charge in [0.25, 0.3) is 5.91 Å². The number of carbonyl (C=O) groups is 2. The molecule has 0 saturated heterocycles. The van der Waals surface area contributed by atoms with Gasteiger partial charge in [-0.15, -0.1) is 0 Å². The van der Waals surface area contributed by atoms with Crippen molar-refractivity contribution in [2.75, 3.05) is 6.61 Å². The molecule has 4 aromatic rings. The van der Waals surface area contributed by atoms with Gasteiger partial charge in [-0.3, -0.25) is 4.79 Å². The molecule has 0 fully saturated rings. The van der Waals surface area contributed by atoms with Gasteiger partial charge < -0.3 is 14.6 Å². The summed E-state index contributed by atoms with van der Waals surface area (Å²) in [5.41, 5.74) is 5.04. The van der Waals surface area contributed by atoms with Crippen molar-refractivity contribution in [3.63, 3.8) is 0 Å². The Morgan fingerprint density at radius 2 is 1.58 bits per heavy atom. The Kier molecular flexibility index (Phi) is 8.15. The quantitative estimate of drug-likeness (QED) is 0.343. The summed E-state index contributed by atoms with van der Waals surface area (Å²) < 4.78 is 7.19. The number of aryl methyl sites for hydroxylation is 3. The SMILES string of the molecule is CCOC(=O)C(Cc1ccc(C#N)cc1)NC(=O)c1ccc2c(c1)nc(CCc1ccc(C#N)cc1)n2C. The van der Waals surface area contributed by atoms with Crippen LogP contribution in [0, 0.1) is 22.7 Å². The van der Waals surface area contributed by atoms with E-state index < -0.39 is 17.9 Å².